The normalized spacial score (nSPS) is 12.6. The molecule has 0 bridgehead atoms. The second kappa shape index (κ2) is 11.4. The quantitative estimate of drug-likeness (QED) is 0.418. The van der Waals surface area contributed by atoms with Crippen LogP contribution < -0.4 is 0 Å². The SMILES string of the molecule is CCCCCC(=Cc1ccccc1)CN(C(=O)c1ccc(F)cc1)C(C)CC. The Morgan fingerprint density at radius 1 is 1.04 bits per heavy atom. The van der Waals surface area contributed by atoms with Crippen LogP contribution in [0, 0.1) is 5.82 Å². The number of rotatable bonds is 10. The summed E-state index contributed by atoms with van der Waals surface area (Å²) in [6.07, 6.45) is 7.54. The predicted molar refractivity (Wildman–Crippen MR) is 116 cm³/mol. The summed E-state index contributed by atoms with van der Waals surface area (Å²) >= 11 is 0. The summed E-state index contributed by atoms with van der Waals surface area (Å²) < 4.78 is 13.3. The zero-order chi connectivity index (χ0) is 20.4. The predicted octanol–water partition coefficient (Wildman–Crippen LogP) is 6.73. The van der Waals surface area contributed by atoms with E-state index in [9.17, 15) is 9.18 Å². The van der Waals surface area contributed by atoms with Gasteiger partial charge in [0, 0.05) is 18.2 Å². The smallest absolute Gasteiger partial charge is 0.254 e. The Bertz CT molecular complexity index is 752. The Hall–Kier alpha value is -2.42. The minimum absolute atomic E-state index is 0.0381. The fourth-order valence-corrected chi connectivity index (χ4v) is 3.21. The number of nitrogens with zero attached hydrogens (tertiary/aromatic N) is 1. The second-order valence-electron chi connectivity index (χ2n) is 7.37. The molecule has 0 N–H and O–H groups in total. The Morgan fingerprint density at radius 2 is 1.71 bits per heavy atom. The van der Waals surface area contributed by atoms with Gasteiger partial charge in [-0.2, -0.15) is 0 Å². The van der Waals surface area contributed by atoms with Gasteiger partial charge >= 0.3 is 0 Å². The van der Waals surface area contributed by atoms with Crippen molar-refractivity contribution in [3.8, 4) is 0 Å². The third kappa shape index (κ3) is 6.63. The van der Waals surface area contributed by atoms with Gasteiger partial charge in [0.25, 0.3) is 5.91 Å². The van der Waals surface area contributed by atoms with E-state index in [1.165, 1.54) is 30.5 Å². The molecule has 0 saturated carbocycles. The number of halogens is 1. The van der Waals surface area contributed by atoms with Gasteiger partial charge in [-0.1, -0.05) is 68.7 Å². The van der Waals surface area contributed by atoms with E-state index in [0.717, 1.165) is 24.8 Å². The lowest BCUT2D eigenvalue weighted by Gasteiger charge is -2.30. The molecule has 1 unspecified atom stereocenters. The van der Waals surface area contributed by atoms with Gasteiger partial charge in [-0.25, -0.2) is 4.39 Å². The molecular weight excluding hydrogens is 349 g/mol. The fraction of sp³-hybridized carbons (Fsp3) is 0.400. The molecule has 0 aromatic heterocycles. The zero-order valence-corrected chi connectivity index (χ0v) is 17.3. The van der Waals surface area contributed by atoms with E-state index in [1.54, 1.807) is 12.1 Å². The molecule has 0 spiro atoms. The van der Waals surface area contributed by atoms with Crippen LogP contribution in [0.15, 0.2) is 60.2 Å². The van der Waals surface area contributed by atoms with Gasteiger partial charge in [0.2, 0.25) is 0 Å². The number of amides is 1. The third-order valence-electron chi connectivity index (χ3n) is 5.12. The van der Waals surface area contributed by atoms with Crippen LogP contribution >= 0.6 is 0 Å². The van der Waals surface area contributed by atoms with Crippen LogP contribution in [-0.2, 0) is 0 Å². The number of hydrogen-bond acceptors (Lipinski definition) is 1. The van der Waals surface area contributed by atoms with Crippen molar-refractivity contribution in [2.24, 2.45) is 0 Å². The van der Waals surface area contributed by atoms with Gasteiger partial charge in [0.15, 0.2) is 0 Å². The molecule has 0 radical (unpaired) electrons. The van der Waals surface area contributed by atoms with E-state index >= 15 is 0 Å². The van der Waals surface area contributed by atoms with Crippen molar-refractivity contribution in [3.63, 3.8) is 0 Å². The van der Waals surface area contributed by atoms with Crippen molar-refractivity contribution in [2.45, 2.75) is 58.9 Å². The van der Waals surface area contributed by atoms with Crippen molar-refractivity contribution in [2.75, 3.05) is 6.54 Å². The minimum atomic E-state index is -0.323. The van der Waals surface area contributed by atoms with E-state index in [-0.39, 0.29) is 17.8 Å². The number of carbonyl (C=O) groups is 1. The lowest BCUT2D eigenvalue weighted by Crippen LogP contribution is -2.39. The highest BCUT2D eigenvalue weighted by Gasteiger charge is 2.21. The van der Waals surface area contributed by atoms with Gasteiger partial charge in [0.05, 0.1) is 0 Å². The molecule has 2 nitrogen and oxygen atoms in total. The van der Waals surface area contributed by atoms with Gasteiger partial charge < -0.3 is 4.90 Å². The van der Waals surface area contributed by atoms with Crippen LogP contribution in [0.4, 0.5) is 4.39 Å². The maximum Gasteiger partial charge on any atom is 0.254 e. The first-order chi connectivity index (χ1) is 13.5. The molecule has 1 atom stereocenters. The monoisotopic (exact) mass is 381 g/mol. The third-order valence-corrected chi connectivity index (χ3v) is 5.12. The molecule has 0 aliphatic heterocycles. The maximum absolute atomic E-state index is 13.3. The van der Waals surface area contributed by atoms with Gasteiger partial charge in [-0.3, -0.25) is 4.79 Å². The summed E-state index contributed by atoms with van der Waals surface area (Å²) in [6, 6.07) is 16.2. The second-order valence-corrected chi connectivity index (χ2v) is 7.37. The van der Waals surface area contributed by atoms with E-state index in [2.05, 4.69) is 39.0 Å². The van der Waals surface area contributed by atoms with Crippen molar-refractivity contribution in [1.29, 1.82) is 0 Å². The molecule has 2 rings (SSSR count). The molecule has 0 aliphatic carbocycles. The van der Waals surface area contributed by atoms with E-state index < -0.39 is 0 Å². The minimum Gasteiger partial charge on any atom is -0.332 e. The Kier molecular flexibility index (Phi) is 8.93. The highest BCUT2D eigenvalue weighted by molar-refractivity contribution is 5.94. The molecule has 0 fully saturated rings. The summed E-state index contributed by atoms with van der Waals surface area (Å²) in [6.45, 7) is 6.97. The van der Waals surface area contributed by atoms with Crippen LogP contribution in [0.3, 0.4) is 0 Å². The summed E-state index contributed by atoms with van der Waals surface area (Å²) in [5.41, 5.74) is 2.96. The average molecular weight is 382 g/mol. The summed E-state index contributed by atoms with van der Waals surface area (Å²) in [5.74, 6) is -0.361. The van der Waals surface area contributed by atoms with Gasteiger partial charge in [-0.15, -0.1) is 0 Å². The number of benzene rings is 2. The fourth-order valence-electron chi connectivity index (χ4n) is 3.21. The topological polar surface area (TPSA) is 20.3 Å². The molecule has 2 aromatic carbocycles. The van der Waals surface area contributed by atoms with Gasteiger partial charge in [0.1, 0.15) is 5.82 Å². The summed E-state index contributed by atoms with van der Waals surface area (Å²) in [7, 11) is 0. The van der Waals surface area contributed by atoms with Crippen LogP contribution in [0.1, 0.15) is 68.8 Å². The lowest BCUT2D eigenvalue weighted by molar-refractivity contribution is 0.0706. The first kappa shape index (κ1) is 21.9. The number of carbonyl (C=O) groups excluding carboxylic acids is 1. The molecule has 0 aliphatic rings. The molecule has 0 heterocycles. The van der Waals surface area contributed by atoms with E-state index in [1.807, 2.05) is 23.1 Å². The van der Waals surface area contributed by atoms with Crippen molar-refractivity contribution >= 4 is 12.0 Å². The number of hydrogen-bond donors (Lipinski definition) is 0. The summed E-state index contributed by atoms with van der Waals surface area (Å²) in [5, 5.41) is 0. The average Bonchev–Trinajstić information content (AvgIpc) is 2.72. The standard InChI is InChI=1S/C25H32FNO/c1-4-6-8-13-22(18-21-11-9-7-10-12-21)19-27(20(3)5-2)25(28)23-14-16-24(26)17-15-23/h7,9-12,14-18,20H,4-6,8,13,19H2,1-3H3. The molecule has 2 aromatic rings. The molecule has 1 amide bonds. The first-order valence-electron chi connectivity index (χ1n) is 10.4. The summed E-state index contributed by atoms with van der Waals surface area (Å²) in [4.78, 5) is 15.1. The van der Waals surface area contributed by atoms with E-state index in [4.69, 9.17) is 0 Å². The van der Waals surface area contributed by atoms with Crippen molar-refractivity contribution in [3.05, 3.63) is 77.1 Å². The Labute approximate surface area is 169 Å². The lowest BCUT2D eigenvalue weighted by atomic mass is 10.0. The zero-order valence-electron chi connectivity index (χ0n) is 17.3. The molecule has 0 saturated heterocycles. The molecule has 150 valence electrons. The largest absolute Gasteiger partial charge is 0.332 e. The van der Waals surface area contributed by atoms with Crippen LogP contribution in [0.2, 0.25) is 0 Å². The molecule has 28 heavy (non-hydrogen) atoms. The van der Waals surface area contributed by atoms with Crippen LogP contribution in [0.25, 0.3) is 6.08 Å². The Balaban J connectivity index is 2.27. The highest BCUT2D eigenvalue weighted by Crippen LogP contribution is 2.20. The molecular formula is C25H32FNO. The van der Waals surface area contributed by atoms with Crippen molar-refractivity contribution < 1.29 is 9.18 Å². The van der Waals surface area contributed by atoms with Crippen LogP contribution in [0.5, 0.6) is 0 Å². The van der Waals surface area contributed by atoms with Crippen LogP contribution in [-0.4, -0.2) is 23.4 Å². The van der Waals surface area contributed by atoms with Crippen molar-refractivity contribution in [1.82, 2.24) is 4.90 Å². The Morgan fingerprint density at radius 3 is 2.32 bits per heavy atom. The van der Waals surface area contributed by atoms with E-state index in [0.29, 0.717) is 12.1 Å². The number of unbranched alkanes of at least 4 members (excludes halogenated alkanes) is 2. The highest BCUT2D eigenvalue weighted by atomic mass is 19.1. The van der Waals surface area contributed by atoms with Gasteiger partial charge in [-0.05, 0) is 56.0 Å². The molecule has 3 heteroatoms. The maximum atomic E-state index is 13.3. The first-order valence-corrected chi connectivity index (χ1v) is 10.4.